The average Bonchev–Trinajstić information content (AvgIpc) is 2.32. The number of rotatable bonds is 3. The molecular formula is C15H27NO. The number of hydrogen-bond donors (Lipinski definition) is 1. The Bertz CT molecular complexity index is 245. The first kappa shape index (κ1) is 12.9. The van der Waals surface area contributed by atoms with Crippen LogP contribution in [-0.2, 0) is 4.79 Å². The standard InChI is InChI=1S/C15H27NO/c1-12(17)16-15-10-6-5-9-14(15)11-13-7-3-2-4-8-13/h13-15H,2-11H2,1H3,(H,16,17). The van der Waals surface area contributed by atoms with E-state index in [1.54, 1.807) is 6.92 Å². The van der Waals surface area contributed by atoms with Gasteiger partial charge in [-0.2, -0.15) is 0 Å². The van der Waals surface area contributed by atoms with Crippen molar-refractivity contribution in [2.75, 3.05) is 0 Å². The van der Waals surface area contributed by atoms with Crippen molar-refractivity contribution in [2.45, 2.75) is 77.2 Å². The second-order valence-corrected chi connectivity index (χ2v) is 6.09. The summed E-state index contributed by atoms with van der Waals surface area (Å²) in [5, 5.41) is 3.18. The molecule has 2 aliphatic carbocycles. The van der Waals surface area contributed by atoms with E-state index < -0.39 is 0 Å². The summed E-state index contributed by atoms with van der Waals surface area (Å²) in [6, 6.07) is 0.475. The van der Waals surface area contributed by atoms with Crippen molar-refractivity contribution in [3.05, 3.63) is 0 Å². The fraction of sp³-hybridized carbons (Fsp3) is 0.933. The summed E-state index contributed by atoms with van der Waals surface area (Å²) in [6.07, 6.45) is 13.7. The van der Waals surface area contributed by atoms with Gasteiger partial charge in [0.25, 0.3) is 0 Å². The van der Waals surface area contributed by atoms with Crippen molar-refractivity contribution in [1.29, 1.82) is 0 Å². The van der Waals surface area contributed by atoms with E-state index in [9.17, 15) is 4.79 Å². The molecule has 1 N–H and O–H groups in total. The van der Waals surface area contributed by atoms with Crippen LogP contribution in [0.4, 0.5) is 0 Å². The molecular weight excluding hydrogens is 210 g/mol. The van der Waals surface area contributed by atoms with Gasteiger partial charge in [-0.3, -0.25) is 4.79 Å². The van der Waals surface area contributed by atoms with E-state index in [1.165, 1.54) is 64.2 Å². The highest BCUT2D eigenvalue weighted by Gasteiger charge is 2.28. The predicted molar refractivity (Wildman–Crippen MR) is 70.8 cm³/mol. The Morgan fingerprint density at radius 3 is 2.35 bits per heavy atom. The summed E-state index contributed by atoms with van der Waals surface area (Å²) in [5.74, 6) is 1.87. The highest BCUT2D eigenvalue weighted by atomic mass is 16.1. The maximum atomic E-state index is 11.2. The van der Waals surface area contributed by atoms with Gasteiger partial charge in [0.2, 0.25) is 5.91 Å². The quantitative estimate of drug-likeness (QED) is 0.797. The van der Waals surface area contributed by atoms with Crippen molar-refractivity contribution in [1.82, 2.24) is 5.32 Å². The van der Waals surface area contributed by atoms with Gasteiger partial charge in [0, 0.05) is 13.0 Å². The molecule has 0 aromatic heterocycles. The van der Waals surface area contributed by atoms with E-state index in [4.69, 9.17) is 0 Å². The molecule has 1 amide bonds. The van der Waals surface area contributed by atoms with E-state index in [0.717, 1.165) is 11.8 Å². The van der Waals surface area contributed by atoms with Crippen molar-refractivity contribution in [2.24, 2.45) is 11.8 Å². The SMILES string of the molecule is CC(=O)NC1CCCCC1CC1CCCCC1. The van der Waals surface area contributed by atoms with Gasteiger partial charge in [0.1, 0.15) is 0 Å². The van der Waals surface area contributed by atoms with E-state index in [1.807, 2.05) is 0 Å². The van der Waals surface area contributed by atoms with E-state index in [2.05, 4.69) is 5.32 Å². The zero-order valence-corrected chi connectivity index (χ0v) is 11.2. The van der Waals surface area contributed by atoms with Crippen LogP contribution in [0.15, 0.2) is 0 Å². The van der Waals surface area contributed by atoms with Crippen LogP contribution >= 0.6 is 0 Å². The number of hydrogen-bond acceptors (Lipinski definition) is 1. The minimum absolute atomic E-state index is 0.158. The number of carbonyl (C=O) groups excluding carboxylic acids is 1. The molecule has 17 heavy (non-hydrogen) atoms. The molecule has 2 rings (SSSR count). The third kappa shape index (κ3) is 4.01. The monoisotopic (exact) mass is 237 g/mol. The van der Waals surface area contributed by atoms with E-state index in [0.29, 0.717) is 6.04 Å². The van der Waals surface area contributed by atoms with Crippen LogP contribution in [-0.4, -0.2) is 11.9 Å². The van der Waals surface area contributed by atoms with Crippen molar-refractivity contribution < 1.29 is 4.79 Å². The minimum atomic E-state index is 0.158. The van der Waals surface area contributed by atoms with E-state index >= 15 is 0 Å². The summed E-state index contributed by atoms with van der Waals surface area (Å²) in [4.78, 5) is 11.2. The number of amides is 1. The Balaban J connectivity index is 1.84. The van der Waals surface area contributed by atoms with Crippen LogP contribution in [0.25, 0.3) is 0 Å². The zero-order chi connectivity index (χ0) is 12.1. The summed E-state index contributed by atoms with van der Waals surface area (Å²) in [6.45, 7) is 1.66. The molecule has 2 unspecified atom stereocenters. The Labute approximate surface area is 106 Å². The van der Waals surface area contributed by atoms with Gasteiger partial charge < -0.3 is 5.32 Å². The maximum absolute atomic E-state index is 11.2. The number of carbonyl (C=O) groups is 1. The second kappa shape index (κ2) is 6.42. The lowest BCUT2D eigenvalue weighted by Gasteiger charge is -2.35. The molecule has 0 saturated heterocycles. The van der Waals surface area contributed by atoms with Crippen LogP contribution in [0.2, 0.25) is 0 Å². The van der Waals surface area contributed by atoms with Gasteiger partial charge in [-0.15, -0.1) is 0 Å². The maximum Gasteiger partial charge on any atom is 0.217 e. The Hall–Kier alpha value is -0.530. The summed E-state index contributed by atoms with van der Waals surface area (Å²) in [7, 11) is 0. The lowest BCUT2D eigenvalue weighted by Crippen LogP contribution is -2.41. The molecule has 2 heteroatoms. The van der Waals surface area contributed by atoms with Crippen LogP contribution in [0.5, 0.6) is 0 Å². The van der Waals surface area contributed by atoms with Crippen molar-refractivity contribution in [3.8, 4) is 0 Å². The fourth-order valence-electron chi connectivity index (χ4n) is 3.79. The molecule has 0 aliphatic heterocycles. The Morgan fingerprint density at radius 1 is 1.00 bits per heavy atom. The van der Waals surface area contributed by atoms with Crippen molar-refractivity contribution in [3.63, 3.8) is 0 Å². The predicted octanol–water partition coefficient (Wildman–Crippen LogP) is 3.65. The number of nitrogens with one attached hydrogen (secondary N) is 1. The lowest BCUT2D eigenvalue weighted by molar-refractivity contribution is -0.120. The van der Waals surface area contributed by atoms with Crippen LogP contribution in [0, 0.1) is 11.8 Å². The van der Waals surface area contributed by atoms with Crippen LogP contribution < -0.4 is 5.32 Å². The largest absolute Gasteiger partial charge is 0.353 e. The normalized spacial score (nSPS) is 31.1. The lowest BCUT2D eigenvalue weighted by atomic mass is 9.75. The molecule has 0 radical (unpaired) electrons. The van der Waals surface area contributed by atoms with Crippen molar-refractivity contribution >= 4 is 5.91 Å². The van der Waals surface area contributed by atoms with Crippen LogP contribution in [0.3, 0.4) is 0 Å². The first-order valence-corrected chi connectivity index (χ1v) is 7.53. The Morgan fingerprint density at radius 2 is 1.65 bits per heavy atom. The molecule has 2 nitrogen and oxygen atoms in total. The van der Waals surface area contributed by atoms with Gasteiger partial charge >= 0.3 is 0 Å². The topological polar surface area (TPSA) is 29.1 Å². The van der Waals surface area contributed by atoms with Crippen LogP contribution in [0.1, 0.15) is 71.1 Å². The molecule has 0 heterocycles. The summed E-state index contributed by atoms with van der Waals surface area (Å²) in [5.41, 5.74) is 0. The molecule has 2 aliphatic rings. The summed E-state index contributed by atoms with van der Waals surface area (Å²) >= 11 is 0. The van der Waals surface area contributed by atoms with Gasteiger partial charge in [-0.1, -0.05) is 44.9 Å². The molecule has 0 aromatic carbocycles. The van der Waals surface area contributed by atoms with Gasteiger partial charge in [-0.25, -0.2) is 0 Å². The molecule has 0 bridgehead atoms. The smallest absolute Gasteiger partial charge is 0.217 e. The average molecular weight is 237 g/mol. The first-order chi connectivity index (χ1) is 8.25. The van der Waals surface area contributed by atoms with Gasteiger partial charge in [-0.05, 0) is 31.1 Å². The summed E-state index contributed by atoms with van der Waals surface area (Å²) < 4.78 is 0. The molecule has 98 valence electrons. The third-order valence-electron chi connectivity index (χ3n) is 4.66. The molecule has 0 spiro atoms. The Kier molecular flexibility index (Phi) is 4.87. The minimum Gasteiger partial charge on any atom is -0.353 e. The molecule has 0 aromatic rings. The highest BCUT2D eigenvalue weighted by molar-refractivity contribution is 5.73. The van der Waals surface area contributed by atoms with E-state index in [-0.39, 0.29) is 5.91 Å². The fourth-order valence-corrected chi connectivity index (χ4v) is 3.79. The second-order valence-electron chi connectivity index (χ2n) is 6.09. The zero-order valence-electron chi connectivity index (χ0n) is 11.2. The molecule has 2 atom stereocenters. The van der Waals surface area contributed by atoms with Gasteiger partial charge in [0.05, 0.1) is 0 Å². The third-order valence-corrected chi connectivity index (χ3v) is 4.66. The molecule has 2 fully saturated rings. The van der Waals surface area contributed by atoms with Gasteiger partial charge in [0.15, 0.2) is 0 Å². The molecule has 2 saturated carbocycles. The highest BCUT2D eigenvalue weighted by Crippen LogP contribution is 2.35. The first-order valence-electron chi connectivity index (χ1n) is 7.53.